The first-order valence-corrected chi connectivity index (χ1v) is 6.11. The zero-order chi connectivity index (χ0) is 12.8. The molecule has 2 atom stereocenters. The highest BCUT2D eigenvalue weighted by Crippen LogP contribution is 2.10. The zero-order valence-corrected chi connectivity index (χ0v) is 11.2. The Kier molecular flexibility index (Phi) is 5.61. The minimum Gasteiger partial charge on any atom is -0.382 e. The van der Waals surface area contributed by atoms with Gasteiger partial charge in [0.2, 0.25) is 0 Å². The van der Waals surface area contributed by atoms with Crippen LogP contribution < -0.4 is 11.3 Å². The highest BCUT2D eigenvalue weighted by Gasteiger charge is 2.14. The van der Waals surface area contributed by atoms with Gasteiger partial charge < -0.3 is 4.74 Å². The van der Waals surface area contributed by atoms with Gasteiger partial charge in [-0.05, 0) is 25.8 Å². The summed E-state index contributed by atoms with van der Waals surface area (Å²) in [6.07, 6.45) is 2.92. The van der Waals surface area contributed by atoms with E-state index >= 15 is 0 Å². The predicted octanol–water partition coefficient (Wildman–Crippen LogP) is 0.782. The SMILES string of the molecule is CCc1cc(CC(CC(C)OC)NN)n(C)n1. The number of hydrogen-bond donors (Lipinski definition) is 2. The lowest BCUT2D eigenvalue weighted by atomic mass is 10.1. The Balaban J connectivity index is 2.63. The number of aryl methyl sites for hydroxylation is 2. The van der Waals surface area contributed by atoms with Crippen molar-refractivity contribution in [2.75, 3.05) is 7.11 Å². The molecule has 5 heteroatoms. The van der Waals surface area contributed by atoms with Crippen LogP contribution in [0.5, 0.6) is 0 Å². The van der Waals surface area contributed by atoms with Crippen molar-refractivity contribution in [3.8, 4) is 0 Å². The van der Waals surface area contributed by atoms with Gasteiger partial charge in [-0.2, -0.15) is 5.10 Å². The van der Waals surface area contributed by atoms with Crippen molar-refractivity contribution in [3.63, 3.8) is 0 Å². The minimum absolute atomic E-state index is 0.204. The van der Waals surface area contributed by atoms with Crippen molar-refractivity contribution in [1.29, 1.82) is 0 Å². The number of ether oxygens (including phenoxy) is 1. The largest absolute Gasteiger partial charge is 0.382 e. The van der Waals surface area contributed by atoms with E-state index in [1.54, 1.807) is 7.11 Å². The second kappa shape index (κ2) is 6.74. The number of hydrazine groups is 1. The van der Waals surface area contributed by atoms with Crippen LogP contribution in [-0.2, 0) is 24.6 Å². The van der Waals surface area contributed by atoms with Gasteiger partial charge in [-0.15, -0.1) is 0 Å². The number of nitrogens with one attached hydrogen (secondary N) is 1. The van der Waals surface area contributed by atoms with E-state index in [2.05, 4.69) is 23.5 Å². The van der Waals surface area contributed by atoms with E-state index < -0.39 is 0 Å². The molecule has 1 aromatic rings. The van der Waals surface area contributed by atoms with Gasteiger partial charge in [0, 0.05) is 32.3 Å². The Hall–Kier alpha value is -0.910. The van der Waals surface area contributed by atoms with Crippen LogP contribution in [0.2, 0.25) is 0 Å². The van der Waals surface area contributed by atoms with E-state index in [-0.39, 0.29) is 12.1 Å². The molecule has 17 heavy (non-hydrogen) atoms. The molecule has 5 nitrogen and oxygen atoms in total. The van der Waals surface area contributed by atoms with Gasteiger partial charge in [0.05, 0.1) is 11.8 Å². The van der Waals surface area contributed by atoms with Crippen LogP contribution in [0.4, 0.5) is 0 Å². The monoisotopic (exact) mass is 240 g/mol. The van der Waals surface area contributed by atoms with E-state index in [9.17, 15) is 0 Å². The highest BCUT2D eigenvalue weighted by atomic mass is 16.5. The lowest BCUT2D eigenvalue weighted by molar-refractivity contribution is 0.100. The molecule has 0 fully saturated rings. The van der Waals surface area contributed by atoms with Crippen LogP contribution in [0.3, 0.4) is 0 Å². The first-order chi connectivity index (χ1) is 8.10. The fraction of sp³-hybridized carbons (Fsp3) is 0.750. The summed E-state index contributed by atoms with van der Waals surface area (Å²) in [7, 11) is 3.69. The lowest BCUT2D eigenvalue weighted by Crippen LogP contribution is -2.39. The number of hydrogen-bond acceptors (Lipinski definition) is 4. The fourth-order valence-corrected chi connectivity index (χ4v) is 1.89. The average molecular weight is 240 g/mol. The van der Waals surface area contributed by atoms with Crippen LogP contribution in [-0.4, -0.2) is 29.0 Å². The van der Waals surface area contributed by atoms with Crippen molar-refractivity contribution < 1.29 is 4.74 Å². The molecular weight excluding hydrogens is 216 g/mol. The molecule has 0 aliphatic heterocycles. The van der Waals surface area contributed by atoms with Crippen LogP contribution >= 0.6 is 0 Å². The number of methoxy groups -OCH3 is 1. The second-order valence-electron chi connectivity index (χ2n) is 4.45. The normalized spacial score (nSPS) is 14.9. The first-order valence-electron chi connectivity index (χ1n) is 6.11. The molecule has 0 aromatic carbocycles. The van der Waals surface area contributed by atoms with E-state index in [4.69, 9.17) is 10.6 Å². The Bertz CT molecular complexity index is 337. The number of rotatable bonds is 7. The van der Waals surface area contributed by atoms with Crippen LogP contribution in [0.25, 0.3) is 0 Å². The maximum absolute atomic E-state index is 5.58. The molecule has 0 aliphatic rings. The maximum atomic E-state index is 5.58. The molecule has 0 saturated carbocycles. The lowest BCUT2D eigenvalue weighted by Gasteiger charge is -2.19. The molecule has 2 unspecified atom stereocenters. The Morgan fingerprint density at radius 1 is 1.59 bits per heavy atom. The molecule has 0 bridgehead atoms. The smallest absolute Gasteiger partial charge is 0.0624 e. The van der Waals surface area contributed by atoms with Gasteiger partial charge in [0.1, 0.15) is 0 Å². The van der Waals surface area contributed by atoms with E-state index in [0.29, 0.717) is 0 Å². The van der Waals surface area contributed by atoms with Gasteiger partial charge >= 0.3 is 0 Å². The van der Waals surface area contributed by atoms with E-state index in [1.165, 1.54) is 5.69 Å². The van der Waals surface area contributed by atoms with E-state index in [1.807, 2.05) is 18.7 Å². The van der Waals surface area contributed by atoms with Crippen molar-refractivity contribution in [2.45, 2.75) is 45.3 Å². The fourth-order valence-electron chi connectivity index (χ4n) is 1.89. The molecule has 0 saturated heterocycles. The summed E-state index contributed by atoms with van der Waals surface area (Å²) in [4.78, 5) is 0. The molecule has 1 rings (SSSR count). The van der Waals surface area contributed by atoms with Crippen LogP contribution in [0.1, 0.15) is 31.7 Å². The first kappa shape index (κ1) is 14.2. The summed E-state index contributed by atoms with van der Waals surface area (Å²) >= 11 is 0. The van der Waals surface area contributed by atoms with Gasteiger partial charge in [0.15, 0.2) is 0 Å². The van der Waals surface area contributed by atoms with Gasteiger partial charge in [0.25, 0.3) is 0 Å². The van der Waals surface area contributed by atoms with Gasteiger partial charge in [-0.25, -0.2) is 0 Å². The molecule has 3 N–H and O–H groups in total. The zero-order valence-electron chi connectivity index (χ0n) is 11.2. The standard InChI is InChI=1S/C12H24N4O/c1-5-10-7-12(16(3)15-10)8-11(14-13)6-9(2)17-4/h7,9,11,14H,5-6,8,13H2,1-4H3. The summed E-state index contributed by atoms with van der Waals surface area (Å²) in [5, 5.41) is 4.43. The van der Waals surface area contributed by atoms with Crippen molar-refractivity contribution in [3.05, 3.63) is 17.5 Å². The second-order valence-corrected chi connectivity index (χ2v) is 4.45. The van der Waals surface area contributed by atoms with Gasteiger partial charge in [-0.3, -0.25) is 16.0 Å². The average Bonchev–Trinajstić information content (AvgIpc) is 2.69. The summed E-state index contributed by atoms with van der Waals surface area (Å²) < 4.78 is 7.19. The highest BCUT2D eigenvalue weighted by molar-refractivity contribution is 5.11. The summed E-state index contributed by atoms with van der Waals surface area (Å²) in [6.45, 7) is 4.16. The molecule has 0 spiro atoms. The van der Waals surface area contributed by atoms with Crippen LogP contribution in [0.15, 0.2) is 6.07 Å². The number of aromatic nitrogens is 2. The Morgan fingerprint density at radius 3 is 2.76 bits per heavy atom. The van der Waals surface area contributed by atoms with Crippen molar-refractivity contribution >= 4 is 0 Å². The van der Waals surface area contributed by atoms with Gasteiger partial charge in [-0.1, -0.05) is 6.92 Å². The molecule has 1 aromatic heterocycles. The third kappa shape index (κ3) is 4.11. The molecule has 1 heterocycles. The van der Waals surface area contributed by atoms with E-state index in [0.717, 1.165) is 25.0 Å². The quantitative estimate of drug-likeness (QED) is 0.546. The topological polar surface area (TPSA) is 65.1 Å². The molecule has 0 amide bonds. The molecular formula is C12H24N4O. The van der Waals surface area contributed by atoms with Crippen LogP contribution in [0, 0.1) is 0 Å². The Labute approximate surface area is 103 Å². The van der Waals surface area contributed by atoms with Crippen molar-refractivity contribution in [2.24, 2.45) is 12.9 Å². The molecule has 0 radical (unpaired) electrons. The number of nitrogens with two attached hydrogens (primary N) is 1. The number of nitrogens with zero attached hydrogens (tertiary/aromatic N) is 2. The Morgan fingerprint density at radius 2 is 2.29 bits per heavy atom. The summed E-state index contributed by atoms with van der Waals surface area (Å²) in [5.41, 5.74) is 5.17. The minimum atomic E-state index is 0.204. The maximum Gasteiger partial charge on any atom is 0.0624 e. The third-order valence-electron chi connectivity index (χ3n) is 3.10. The van der Waals surface area contributed by atoms with Crippen molar-refractivity contribution in [1.82, 2.24) is 15.2 Å². The summed E-state index contributed by atoms with van der Waals surface area (Å²) in [5.74, 6) is 5.58. The molecule has 98 valence electrons. The third-order valence-corrected chi connectivity index (χ3v) is 3.10. The molecule has 0 aliphatic carbocycles. The summed E-state index contributed by atoms with van der Waals surface area (Å²) in [6, 6.07) is 2.35. The predicted molar refractivity (Wildman–Crippen MR) is 68.5 cm³/mol.